The molecule has 10 nitrogen and oxygen atoms in total. The van der Waals surface area contributed by atoms with Crippen LogP contribution in [0.4, 0.5) is 10.9 Å². The molecule has 1 amide bonds. The van der Waals surface area contributed by atoms with Crippen molar-refractivity contribution in [1.82, 2.24) is 25.2 Å². The number of rotatable bonds is 7. The number of carbonyl (C=O) groups excluding carboxylic acids is 1. The first kappa shape index (κ1) is 19.0. The number of carbonyl (C=O) groups is 1. The Morgan fingerprint density at radius 3 is 3.11 bits per heavy atom. The lowest BCUT2D eigenvalue weighted by Crippen LogP contribution is -2.42. The Labute approximate surface area is 166 Å². The van der Waals surface area contributed by atoms with E-state index < -0.39 is 6.10 Å². The number of nitrogens with two attached hydrogens (primary N) is 1. The van der Waals surface area contributed by atoms with E-state index in [2.05, 4.69) is 30.5 Å². The van der Waals surface area contributed by atoms with E-state index in [9.17, 15) is 9.90 Å². The van der Waals surface area contributed by atoms with Gasteiger partial charge in [-0.3, -0.25) is 9.69 Å². The van der Waals surface area contributed by atoms with Crippen molar-refractivity contribution in [2.75, 3.05) is 43.9 Å². The molecule has 4 heterocycles. The van der Waals surface area contributed by atoms with Crippen LogP contribution >= 0.6 is 11.3 Å². The largest absolute Gasteiger partial charge is 0.390 e. The van der Waals surface area contributed by atoms with E-state index >= 15 is 0 Å². The Morgan fingerprint density at radius 1 is 1.46 bits per heavy atom. The number of aliphatic hydroxyl groups is 1. The first-order chi connectivity index (χ1) is 13.6. The Kier molecular flexibility index (Phi) is 5.67. The second-order valence-electron chi connectivity index (χ2n) is 6.94. The van der Waals surface area contributed by atoms with E-state index in [1.807, 2.05) is 0 Å². The minimum atomic E-state index is -0.687. The summed E-state index contributed by atoms with van der Waals surface area (Å²) >= 11 is 1.53. The lowest BCUT2D eigenvalue weighted by molar-refractivity contribution is 0.0209. The smallest absolute Gasteiger partial charge is 0.270 e. The Balaban J connectivity index is 1.25. The minimum absolute atomic E-state index is 0.143. The number of amides is 1. The second kappa shape index (κ2) is 8.35. The normalized spacial score (nSPS) is 18.2. The van der Waals surface area contributed by atoms with E-state index in [-0.39, 0.29) is 24.2 Å². The summed E-state index contributed by atoms with van der Waals surface area (Å²) in [5.74, 6) is 0.239. The monoisotopic (exact) mass is 405 g/mol. The van der Waals surface area contributed by atoms with Gasteiger partial charge in [0.2, 0.25) is 0 Å². The van der Waals surface area contributed by atoms with Gasteiger partial charge >= 0.3 is 0 Å². The molecule has 1 fully saturated rings. The second-order valence-corrected chi connectivity index (χ2v) is 8.05. The number of ether oxygens (including phenoxy) is 1. The first-order valence-electron chi connectivity index (χ1n) is 9.16. The summed E-state index contributed by atoms with van der Waals surface area (Å²) < 4.78 is 5.11. The molecule has 1 atom stereocenters. The van der Waals surface area contributed by atoms with Gasteiger partial charge in [-0.05, 0) is 6.42 Å². The van der Waals surface area contributed by atoms with Crippen molar-refractivity contribution < 1.29 is 14.6 Å². The summed E-state index contributed by atoms with van der Waals surface area (Å²) in [6.07, 6.45) is 1.54. The zero-order valence-electron chi connectivity index (χ0n) is 15.3. The number of aromatic nitrogens is 3. The van der Waals surface area contributed by atoms with Crippen molar-refractivity contribution in [3.8, 4) is 0 Å². The molecule has 0 aliphatic carbocycles. The predicted octanol–water partition coefficient (Wildman–Crippen LogP) is -0.525. The number of β-amino-alcohol motifs (C(OH)–C–C–N with tert-alkyl or cyclic N) is 1. The van der Waals surface area contributed by atoms with Crippen LogP contribution in [0.15, 0.2) is 12.4 Å². The number of fused-ring (bicyclic) bond motifs is 1. The van der Waals surface area contributed by atoms with Crippen LogP contribution in [-0.2, 0) is 17.7 Å². The highest BCUT2D eigenvalue weighted by Crippen LogP contribution is 2.26. The molecule has 0 spiro atoms. The molecule has 0 aromatic carbocycles. The summed E-state index contributed by atoms with van der Waals surface area (Å²) in [7, 11) is 0. The Bertz CT molecular complexity index is 842. The molecule has 28 heavy (non-hydrogen) atoms. The van der Waals surface area contributed by atoms with Crippen molar-refractivity contribution >= 4 is 28.2 Å². The van der Waals surface area contributed by atoms with Crippen LogP contribution in [0.5, 0.6) is 0 Å². The molecule has 0 unspecified atom stereocenters. The van der Waals surface area contributed by atoms with Crippen molar-refractivity contribution in [3.63, 3.8) is 0 Å². The molecular formula is C17H23N7O3S. The average molecular weight is 405 g/mol. The topological polar surface area (TPSA) is 139 Å². The van der Waals surface area contributed by atoms with Gasteiger partial charge in [-0.2, -0.15) is 0 Å². The van der Waals surface area contributed by atoms with Gasteiger partial charge in [0.1, 0.15) is 17.8 Å². The first-order valence-corrected chi connectivity index (χ1v) is 9.97. The predicted molar refractivity (Wildman–Crippen MR) is 104 cm³/mol. The van der Waals surface area contributed by atoms with Gasteiger partial charge in [0.25, 0.3) is 5.91 Å². The van der Waals surface area contributed by atoms with Gasteiger partial charge in [0, 0.05) is 37.1 Å². The fourth-order valence-corrected chi connectivity index (χ4v) is 4.01. The number of hydrogen-bond donors (Lipinski definition) is 4. The molecule has 1 saturated heterocycles. The lowest BCUT2D eigenvalue weighted by atomic mass is 10.1. The summed E-state index contributed by atoms with van der Waals surface area (Å²) in [5.41, 5.74) is 7.00. The molecule has 4 rings (SSSR count). The molecular weight excluding hydrogens is 382 g/mol. The molecule has 2 aliphatic rings. The highest BCUT2D eigenvalue weighted by atomic mass is 32.1. The van der Waals surface area contributed by atoms with Gasteiger partial charge in [-0.25, -0.2) is 15.0 Å². The third-order valence-corrected chi connectivity index (χ3v) is 5.67. The van der Waals surface area contributed by atoms with Crippen LogP contribution in [0.2, 0.25) is 0 Å². The number of nitrogens with zero attached hydrogens (tertiary/aromatic N) is 4. The maximum Gasteiger partial charge on any atom is 0.270 e. The van der Waals surface area contributed by atoms with Crippen LogP contribution in [0.1, 0.15) is 21.1 Å². The standard InChI is InChI=1S/C17H23N7O3S/c18-17-23-13-6-24(2-1-14(13)28-17)5-11(25)4-19-16(26)12-3-15(21-9-20-12)22-10-7-27-8-10/h3,9-11,25H,1-2,4-8H2,(H2,18,23)(H,19,26)(H,20,21,22)/t11-/m0/s1. The molecule has 0 radical (unpaired) electrons. The third-order valence-electron chi connectivity index (χ3n) is 4.68. The molecule has 2 aromatic rings. The quantitative estimate of drug-likeness (QED) is 0.479. The number of nitrogens with one attached hydrogen (secondary N) is 2. The summed E-state index contributed by atoms with van der Waals surface area (Å²) in [6.45, 7) is 3.36. The molecule has 2 aromatic heterocycles. The van der Waals surface area contributed by atoms with E-state index in [1.165, 1.54) is 22.5 Å². The Hall–Kier alpha value is -2.34. The van der Waals surface area contributed by atoms with Crippen LogP contribution < -0.4 is 16.4 Å². The van der Waals surface area contributed by atoms with Crippen LogP contribution in [0.25, 0.3) is 0 Å². The SMILES string of the molecule is Nc1nc2c(s1)CCN(C[C@@H](O)CNC(=O)c1cc(NC3COC3)ncn1)C2. The van der Waals surface area contributed by atoms with Gasteiger partial charge in [0.15, 0.2) is 5.13 Å². The Morgan fingerprint density at radius 2 is 2.32 bits per heavy atom. The third kappa shape index (κ3) is 4.55. The highest BCUT2D eigenvalue weighted by Gasteiger charge is 2.23. The van der Waals surface area contributed by atoms with Crippen LogP contribution in [0, 0.1) is 0 Å². The number of anilines is 2. The maximum absolute atomic E-state index is 12.3. The molecule has 0 saturated carbocycles. The fraction of sp³-hybridized carbons (Fsp3) is 0.529. The van der Waals surface area contributed by atoms with E-state index in [1.54, 1.807) is 6.07 Å². The van der Waals surface area contributed by atoms with Gasteiger partial charge in [-0.15, -0.1) is 11.3 Å². The number of aliphatic hydroxyl groups excluding tert-OH is 1. The van der Waals surface area contributed by atoms with Crippen molar-refractivity contribution in [2.45, 2.75) is 25.1 Å². The minimum Gasteiger partial charge on any atom is -0.390 e. The van der Waals surface area contributed by atoms with Crippen LogP contribution in [0.3, 0.4) is 0 Å². The zero-order chi connectivity index (χ0) is 19.5. The van der Waals surface area contributed by atoms with E-state index in [0.29, 0.717) is 37.3 Å². The average Bonchev–Trinajstić information content (AvgIpc) is 3.02. The molecule has 5 N–H and O–H groups in total. The maximum atomic E-state index is 12.3. The van der Waals surface area contributed by atoms with Gasteiger partial charge in [0.05, 0.1) is 31.1 Å². The van der Waals surface area contributed by atoms with Gasteiger partial charge in [-0.1, -0.05) is 0 Å². The molecule has 2 aliphatic heterocycles. The molecule has 150 valence electrons. The van der Waals surface area contributed by atoms with Crippen molar-refractivity contribution in [3.05, 3.63) is 28.7 Å². The summed E-state index contributed by atoms with van der Waals surface area (Å²) in [4.78, 5) is 28.1. The number of thiazole rings is 1. The fourth-order valence-electron chi connectivity index (χ4n) is 3.18. The van der Waals surface area contributed by atoms with E-state index in [0.717, 1.165) is 18.7 Å². The van der Waals surface area contributed by atoms with Gasteiger partial charge < -0.3 is 26.2 Å². The highest BCUT2D eigenvalue weighted by molar-refractivity contribution is 7.15. The van der Waals surface area contributed by atoms with Crippen molar-refractivity contribution in [1.29, 1.82) is 0 Å². The number of nitrogen functional groups attached to an aromatic ring is 1. The molecule has 0 bridgehead atoms. The lowest BCUT2D eigenvalue weighted by Gasteiger charge is -2.28. The van der Waals surface area contributed by atoms with Crippen LogP contribution in [-0.4, -0.2) is 75.9 Å². The zero-order valence-corrected chi connectivity index (χ0v) is 16.1. The van der Waals surface area contributed by atoms with E-state index in [4.69, 9.17) is 10.5 Å². The number of hydrogen-bond acceptors (Lipinski definition) is 10. The van der Waals surface area contributed by atoms with Crippen molar-refractivity contribution in [2.24, 2.45) is 0 Å². The molecule has 11 heteroatoms. The summed E-state index contributed by atoms with van der Waals surface area (Å²) in [5, 5.41) is 16.8. The summed E-state index contributed by atoms with van der Waals surface area (Å²) in [6, 6.07) is 1.81.